The number of nitriles is 1. The number of nitrogens with one attached hydrogen (secondary N) is 1. The second kappa shape index (κ2) is 6.96. The average Bonchev–Trinajstić information content (AvgIpc) is 3.26. The van der Waals surface area contributed by atoms with Crippen LogP contribution in [0.5, 0.6) is 0 Å². The van der Waals surface area contributed by atoms with Crippen molar-refractivity contribution in [2.24, 2.45) is 0 Å². The van der Waals surface area contributed by atoms with Gasteiger partial charge in [-0.25, -0.2) is 0 Å². The number of rotatable bonds is 4. The van der Waals surface area contributed by atoms with Gasteiger partial charge in [-0.3, -0.25) is 9.59 Å². The predicted molar refractivity (Wildman–Crippen MR) is 100 cm³/mol. The van der Waals surface area contributed by atoms with Crippen molar-refractivity contribution in [1.82, 2.24) is 4.98 Å². The monoisotopic (exact) mass is 359 g/mol. The van der Waals surface area contributed by atoms with Gasteiger partial charge in [0.1, 0.15) is 0 Å². The van der Waals surface area contributed by atoms with Crippen molar-refractivity contribution in [3.05, 3.63) is 65.9 Å². The fourth-order valence-electron chi connectivity index (χ4n) is 3.37. The Morgan fingerprint density at radius 2 is 2.00 bits per heavy atom. The zero-order valence-corrected chi connectivity index (χ0v) is 14.5. The molecule has 1 amide bonds. The fraction of sp³-hybridized carbons (Fsp3) is 0.190. The molecule has 1 aliphatic rings. The van der Waals surface area contributed by atoms with Crippen molar-refractivity contribution in [2.45, 2.75) is 18.9 Å². The standard InChI is InChI=1S/C21H17N3O3/c22-12-14-5-7-16(8-6-14)24-10-9-19(21(24)26)27-20(25)11-15-13-23-18-4-2-1-3-17(15)18/h1-8,13,19,23H,9-11H2. The molecule has 1 atom stereocenters. The highest BCUT2D eigenvalue weighted by Gasteiger charge is 2.35. The molecule has 3 aromatic rings. The second-order valence-electron chi connectivity index (χ2n) is 6.45. The Morgan fingerprint density at radius 3 is 2.78 bits per heavy atom. The van der Waals surface area contributed by atoms with Crippen LogP contribution < -0.4 is 4.90 Å². The smallest absolute Gasteiger partial charge is 0.311 e. The zero-order valence-electron chi connectivity index (χ0n) is 14.5. The summed E-state index contributed by atoms with van der Waals surface area (Å²) in [5.41, 5.74) is 3.05. The number of fused-ring (bicyclic) bond motifs is 1. The van der Waals surface area contributed by atoms with Crippen LogP contribution in [-0.2, 0) is 20.7 Å². The minimum Gasteiger partial charge on any atom is -0.452 e. The molecule has 6 heteroatoms. The molecule has 0 spiro atoms. The molecule has 134 valence electrons. The van der Waals surface area contributed by atoms with E-state index in [4.69, 9.17) is 10.00 Å². The SMILES string of the molecule is N#Cc1ccc(N2CCC(OC(=O)Cc3c[nH]c4ccccc34)C2=O)cc1. The van der Waals surface area contributed by atoms with E-state index in [9.17, 15) is 9.59 Å². The van der Waals surface area contributed by atoms with Crippen LogP contribution in [0, 0.1) is 11.3 Å². The van der Waals surface area contributed by atoms with E-state index in [0.29, 0.717) is 24.2 Å². The number of anilines is 1. The first kappa shape index (κ1) is 16.9. The number of H-pyrrole nitrogens is 1. The number of aromatic amines is 1. The number of aromatic nitrogens is 1. The highest BCUT2D eigenvalue weighted by molar-refractivity contribution is 6.00. The second-order valence-corrected chi connectivity index (χ2v) is 6.45. The van der Waals surface area contributed by atoms with E-state index in [2.05, 4.69) is 4.98 Å². The summed E-state index contributed by atoms with van der Waals surface area (Å²) in [7, 11) is 0. The third-order valence-electron chi connectivity index (χ3n) is 4.75. The highest BCUT2D eigenvalue weighted by Crippen LogP contribution is 2.24. The number of hydrogen-bond acceptors (Lipinski definition) is 4. The Morgan fingerprint density at radius 1 is 1.22 bits per heavy atom. The van der Waals surface area contributed by atoms with E-state index >= 15 is 0 Å². The molecule has 0 bridgehead atoms. The van der Waals surface area contributed by atoms with Crippen LogP contribution >= 0.6 is 0 Å². The number of ether oxygens (including phenoxy) is 1. The van der Waals surface area contributed by atoms with Crippen molar-refractivity contribution in [2.75, 3.05) is 11.4 Å². The molecule has 0 saturated carbocycles. The Bertz CT molecular complexity index is 1050. The Labute approximate surface area is 156 Å². The van der Waals surface area contributed by atoms with Gasteiger partial charge >= 0.3 is 5.97 Å². The molecule has 2 heterocycles. The van der Waals surface area contributed by atoms with Crippen LogP contribution in [0.4, 0.5) is 5.69 Å². The topological polar surface area (TPSA) is 86.2 Å². The maximum absolute atomic E-state index is 12.6. The molecule has 1 unspecified atom stereocenters. The lowest BCUT2D eigenvalue weighted by molar-refractivity contribution is -0.152. The van der Waals surface area contributed by atoms with Gasteiger partial charge in [0.05, 0.1) is 18.1 Å². The van der Waals surface area contributed by atoms with Crippen molar-refractivity contribution < 1.29 is 14.3 Å². The van der Waals surface area contributed by atoms with Gasteiger partial charge in [0.25, 0.3) is 5.91 Å². The molecule has 2 aromatic carbocycles. The Balaban J connectivity index is 1.41. The molecule has 0 radical (unpaired) electrons. The first-order chi connectivity index (χ1) is 13.2. The Hall–Kier alpha value is -3.59. The van der Waals surface area contributed by atoms with E-state index in [1.54, 1.807) is 35.4 Å². The zero-order chi connectivity index (χ0) is 18.8. The van der Waals surface area contributed by atoms with Crippen molar-refractivity contribution in [3.63, 3.8) is 0 Å². The van der Waals surface area contributed by atoms with Crippen LogP contribution in [0.1, 0.15) is 17.5 Å². The van der Waals surface area contributed by atoms with Crippen LogP contribution in [0.3, 0.4) is 0 Å². The summed E-state index contributed by atoms with van der Waals surface area (Å²) in [5.74, 6) is -0.647. The number of hydrogen-bond donors (Lipinski definition) is 1. The molecule has 27 heavy (non-hydrogen) atoms. The lowest BCUT2D eigenvalue weighted by Gasteiger charge is -2.16. The first-order valence-electron chi connectivity index (χ1n) is 8.72. The summed E-state index contributed by atoms with van der Waals surface area (Å²) < 4.78 is 5.45. The predicted octanol–water partition coefficient (Wildman–Crippen LogP) is 2.93. The average molecular weight is 359 g/mol. The number of para-hydroxylation sites is 1. The van der Waals surface area contributed by atoms with E-state index in [1.165, 1.54) is 0 Å². The van der Waals surface area contributed by atoms with Gasteiger partial charge in [0.15, 0.2) is 6.10 Å². The summed E-state index contributed by atoms with van der Waals surface area (Å²) in [4.78, 5) is 29.6. The molecule has 1 aliphatic heterocycles. The molecule has 0 aliphatic carbocycles. The minimum absolute atomic E-state index is 0.116. The van der Waals surface area contributed by atoms with Crippen molar-refractivity contribution in [3.8, 4) is 6.07 Å². The van der Waals surface area contributed by atoms with Crippen LogP contribution in [0.15, 0.2) is 54.7 Å². The molecule has 1 saturated heterocycles. The molecular formula is C21H17N3O3. The number of carbonyl (C=O) groups is 2. The fourth-order valence-corrected chi connectivity index (χ4v) is 3.37. The molecule has 6 nitrogen and oxygen atoms in total. The minimum atomic E-state index is -0.765. The van der Waals surface area contributed by atoms with Gasteiger partial charge in [-0.1, -0.05) is 18.2 Å². The normalized spacial score (nSPS) is 16.5. The van der Waals surface area contributed by atoms with E-state index in [1.807, 2.05) is 30.3 Å². The molecule has 1 aromatic heterocycles. The van der Waals surface area contributed by atoms with Gasteiger partial charge in [-0.15, -0.1) is 0 Å². The summed E-state index contributed by atoms with van der Waals surface area (Å²) >= 11 is 0. The first-order valence-corrected chi connectivity index (χ1v) is 8.72. The molecule has 4 rings (SSSR count). The maximum Gasteiger partial charge on any atom is 0.311 e. The van der Waals surface area contributed by atoms with E-state index in [-0.39, 0.29) is 12.3 Å². The van der Waals surface area contributed by atoms with Gasteiger partial charge in [-0.05, 0) is 35.9 Å². The van der Waals surface area contributed by atoms with Gasteiger partial charge in [0.2, 0.25) is 0 Å². The highest BCUT2D eigenvalue weighted by atomic mass is 16.5. The molecular weight excluding hydrogens is 342 g/mol. The van der Waals surface area contributed by atoms with E-state index in [0.717, 1.165) is 16.5 Å². The summed E-state index contributed by atoms with van der Waals surface area (Å²) in [6.45, 7) is 0.482. The van der Waals surface area contributed by atoms with Gasteiger partial charge in [0, 0.05) is 35.8 Å². The summed E-state index contributed by atoms with van der Waals surface area (Å²) in [5, 5.41) is 9.85. The number of carbonyl (C=O) groups excluding carboxylic acids is 2. The number of benzene rings is 2. The number of nitrogens with zero attached hydrogens (tertiary/aromatic N) is 2. The lowest BCUT2D eigenvalue weighted by atomic mass is 10.1. The summed E-state index contributed by atoms with van der Waals surface area (Å²) in [6.07, 6.45) is 1.60. The summed E-state index contributed by atoms with van der Waals surface area (Å²) in [6, 6.07) is 16.6. The van der Waals surface area contributed by atoms with E-state index < -0.39 is 12.1 Å². The van der Waals surface area contributed by atoms with Crippen molar-refractivity contribution >= 4 is 28.5 Å². The van der Waals surface area contributed by atoms with Gasteiger partial charge < -0.3 is 14.6 Å². The lowest BCUT2D eigenvalue weighted by Crippen LogP contribution is -2.32. The van der Waals surface area contributed by atoms with Crippen molar-refractivity contribution in [1.29, 1.82) is 5.26 Å². The van der Waals surface area contributed by atoms with Gasteiger partial charge in [-0.2, -0.15) is 5.26 Å². The van der Waals surface area contributed by atoms with Crippen LogP contribution in [-0.4, -0.2) is 29.5 Å². The molecule has 1 N–H and O–H groups in total. The Kier molecular flexibility index (Phi) is 4.35. The third kappa shape index (κ3) is 3.27. The molecule has 1 fully saturated rings. The quantitative estimate of drug-likeness (QED) is 0.726. The van der Waals surface area contributed by atoms with Crippen LogP contribution in [0.2, 0.25) is 0 Å². The number of amides is 1. The maximum atomic E-state index is 12.6. The third-order valence-corrected chi connectivity index (χ3v) is 4.75. The van der Waals surface area contributed by atoms with Crippen LogP contribution in [0.25, 0.3) is 10.9 Å². The number of esters is 1. The largest absolute Gasteiger partial charge is 0.452 e.